The maximum Gasteiger partial charge on any atom is 0.417 e. The van der Waals surface area contributed by atoms with Gasteiger partial charge in [-0.15, -0.1) is 0 Å². The van der Waals surface area contributed by atoms with E-state index in [1.54, 1.807) is 4.90 Å². The average molecular weight is 473 g/mol. The van der Waals surface area contributed by atoms with E-state index < -0.39 is 18.3 Å². The third-order valence-corrected chi connectivity index (χ3v) is 6.09. The predicted molar refractivity (Wildman–Crippen MR) is 118 cm³/mol. The van der Waals surface area contributed by atoms with Gasteiger partial charge in [-0.2, -0.15) is 13.2 Å². The van der Waals surface area contributed by atoms with Gasteiger partial charge in [0.2, 0.25) is 17.5 Å². The van der Waals surface area contributed by atoms with Gasteiger partial charge in [-0.05, 0) is 31.7 Å². The average Bonchev–Trinajstić information content (AvgIpc) is 3.26. The van der Waals surface area contributed by atoms with Gasteiger partial charge in [0, 0.05) is 48.7 Å². The Morgan fingerprint density at radius 1 is 1.35 bits per heavy atom. The first kappa shape index (κ1) is 23.4. The van der Waals surface area contributed by atoms with Crippen LogP contribution in [0.25, 0.3) is 27.1 Å². The van der Waals surface area contributed by atoms with E-state index in [0.29, 0.717) is 18.7 Å². The molecule has 34 heavy (non-hydrogen) atoms. The Morgan fingerprint density at radius 3 is 2.74 bits per heavy atom. The lowest BCUT2D eigenvalue weighted by Crippen LogP contribution is -2.43. The Labute approximate surface area is 192 Å². The van der Waals surface area contributed by atoms with Gasteiger partial charge in [0.05, 0.1) is 17.8 Å². The number of halogens is 3. The number of aromatic amines is 1. The zero-order valence-electron chi connectivity index (χ0n) is 18.2. The molecule has 3 N–H and O–H groups in total. The molecule has 0 aliphatic carbocycles. The molecule has 0 aromatic carbocycles. The molecular weight excluding hydrogens is 451 g/mol. The van der Waals surface area contributed by atoms with Crippen LogP contribution in [0, 0.1) is 12.5 Å². The summed E-state index contributed by atoms with van der Waals surface area (Å²) in [6, 6.07) is 0.931. The van der Waals surface area contributed by atoms with E-state index in [4.69, 9.17) is 11.7 Å². The molecule has 12 heteroatoms. The molecule has 0 bridgehead atoms. The van der Waals surface area contributed by atoms with Crippen LogP contribution in [0.2, 0.25) is 0 Å². The number of fused-ring (bicyclic) bond motifs is 1. The second-order valence-corrected chi connectivity index (χ2v) is 8.17. The van der Waals surface area contributed by atoms with Crippen LogP contribution in [0.3, 0.4) is 0 Å². The van der Waals surface area contributed by atoms with E-state index >= 15 is 0 Å². The first-order valence-corrected chi connectivity index (χ1v) is 10.7. The molecule has 3 aromatic rings. The lowest BCUT2D eigenvalue weighted by atomic mass is 9.90. The summed E-state index contributed by atoms with van der Waals surface area (Å²) in [5, 5.41) is 12.5. The monoisotopic (exact) mass is 473 g/mol. The molecule has 1 amide bonds. The highest BCUT2D eigenvalue weighted by atomic mass is 19.4. The number of aliphatic hydroxyl groups is 1. The van der Waals surface area contributed by atoms with Crippen molar-refractivity contribution in [1.29, 1.82) is 0 Å². The topological polar surface area (TPSA) is 111 Å². The third kappa shape index (κ3) is 4.65. The molecule has 1 unspecified atom stereocenters. The Bertz CT molecular complexity index is 1240. The predicted octanol–water partition coefficient (Wildman–Crippen LogP) is 3.62. The fourth-order valence-corrected chi connectivity index (χ4v) is 4.15. The summed E-state index contributed by atoms with van der Waals surface area (Å²) in [6.07, 6.45) is 0.501. The molecule has 1 aliphatic heterocycles. The number of pyridine rings is 1. The SMILES string of the molecule is [C-]#[N+]c1cnc(NC(C)C2CCN(C(=O)CO)CC2)nc1-c1c[nH]c2ncc(C(F)(F)F)cc12. The van der Waals surface area contributed by atoms with Crippen molar-refractivity contribution in [2.75, 3.05) is 25.0 Å². The molecule has 0 saturated carbocycles. The summed E-state index contributed by atoms with van der Waals surface area (Å²) in [4.78, 5) is 32.1. The summed E-state index contributed by atoms with van der Waals surface area (Å²) >= 11 is 0. The Hall–Kier alpha value is -3.72. The van der Waals surface area contributed by atoms with E-state index in [1.165, 1.54) is 12.4 Å². The quantitative estimate of drug-likeness (QED) is 0.488. The number of aliphatic hydroxyl groups excluding tert-OH is 1. The smallest absolute Gasteiger partial charge is 0.387 e. The van der Waals surface area contributed by atoms with Gasteiger partial charge in [-0.1, -0.05) is 0 Å². The van der Waals surface area contributed by atoms with Gasteiger partial charge in [0.25, 0.3) is 0 Å². The Morgan fingerprint density at radius 2 is 2.09 bits per heavy atom. The van der Waals surface area contributed by atoms with Gasteiger partial charge < -0.3 is 20.3 Å². The number of aromatic nitrogens is 4. The summed E-state index contributed by atoms with van der Waals surface area (Å²) in [5.41, 5.74) is -0.00169. The number of carbonyl (C=O) groups excluding carboxylic acids is 1. The van der Waals surface area contributed by atoms with Gasteiger partial charge in [-0.3, -0.25) is 4.79 Å². The molecule has 0 radical (unpaired) electrons. The van der Waals surface area contributed by atoms with Crippen LogP contribution in [0.15, 0.2) is 24.7 Å². The number of rotatable bonds is 5. The Balaban J connectivity index is 1.59. The number of hydrogen-bond acceptors (Lipinski definition) is 6. The maximum absolute atomic E-state index is 13.2. The van der Waals surface area contributed by atoms with Gasteiger partial charge in [0.1, 0.15) is 12.3 Å². The summed E-state index contributed by atoms with van der Waals surface area (Å²) in [7, 11) is 0. The van der Waals surface area contributed by atoms with Crippen molar-refractivity contribution < 1.29 is 23.1 Å². The second kappa shape index (κ2) is 9.26. The summed E-state index contributed by atoms with van der Waals surface area (Å²) in [5.74, 6) is 0.184. The second-order valence-electron chi connectivity index (χ2n) is 8.17. The van der Waals surface area contributed by atoms with Crippen LogP contribution in [-0.4, -0.2) is 61.6 Å². The first-order valence-electron chi connectivity index (χ1n) is 10.7. The molecular formula is C22H22F3N7O2. The highest BCUT2D eigenvalue weighted by molar-refractivity contribution is 5.96. The van der Waals surface area contributed by atoms with E-state index in [2.05, 4.69) is 30.1 Å². The van der Waals surface area contributed by atoms with Gasteiger partial charge in [-0.25, -0.2) is 19.8 Å². The Kier molecular flexibility index (Phi) is 6.39. The number of alkyl halides is 3. The van der Waals surface area contributed by atoms with E-state index in [9.17, 15) is 18.0 Å². The van der Waals surface area contributed by atoms with Crippen LogP contribution >= 0.6 is 0 Å². The van der Waals surface area contributed by atoms with Crippen molar-refractivity contribution in [3.8, 4) is 11.3 Å². The minimum absolute atomic E-state index is 0.0560. The number of hydrogen-bond donors (Lipinski definition) is 3. The molecule has 1 saturated heterocycles. The molecule has 1 atom stereocenters. The molecule has 1 fully saturated rings. The van der Waals surface area contributed by atoms with Crippen LogP contribution in [-0.2, 0) is 11.0 Å². The minimum atomic E-state index is -4.55. The number of likely N-dealkylation sites (tertiary alicyclic amines) is 1. The van der Waals surface area contributed by atoms with Crippen molar-refractivity contribution in [1.82, 2.24) is 24.8 Å². The van der Waals surface area contributed by atoms with Crippen LogP contribution < -0.4 is 5.32 Å². The van der Waals surface area contributed by atoms with Crippen molar-refractivity contribution in [3.05, 3.63) is 41.6 Å². The molecule has 4 heterocycles. The number of anilines is 1. The van der Waals surface area contributed by atoms with Crippen molar-refractivity contribution in [2.45, 2.75) is 32.0 Å². The molecule has 9 nitrogen and oxygen atoms in total. The lowest BCUT2D eigenvalue weighted by molar-refractivity contribution is -0.137. The van der Waals surface area contributed by atoms with Crippen molar-refractivity contribution >= 4 is 28.6 Å². The normalized spacial score (nSPS) is 15.8. The van der Waals surface area contributed by atoms with Crippen LogP contribution in [0.5, 0.6) is 0 Å². The summed E-state index contributed by atoms with van der Waals surface area (Å²) in [6.45, 7) is 10.00. The zero-order chi connectivity index (χ0) is 24.5. The fourth-order valence-electron chi connectivity index (χ4n) is 4.15. The fraction of sp³-hybridized carbons (Fsp3) is 0.409. The maximum atomic E-state index is 13.2. The largest absolute Gasteiger partial charge is 0.417 e. The molecule has 178 valence electrons. The highest BCUT2D eigenvalue weighted by Crippen LogP contribution is 2.37. The van der Waals surface area contributed by atoms with E-state index in [1.807, 2.05) is 6.92 Å². The van der Waals surface area contributed by atoms with Crippen LogP contribution in [0.1, 0.15) is 25.3 Å². The van der Waals surface area contributed by atoms with Gasteiger partial charge in [0.15, 0.2) is 0 Å². The number of piperidine rings is 1. The zero-order valence-corrected chi connectivity index (χ0v) is 18.2. The number of carbonyl (C=O) groups is 1. The first-order chi connectivity index (χ1) is 16.2. The van der Waals surface area contributed by atoms with Crippen LogP contribution in [0.4, 0.5) is 24.8 Å². The lowest BCUT2D eigenvalue weighted by Gasteiger charge is -2.34. The van der Waals surface area contributed by atoms with Crippen molar-refractivity contribution in [2.24, 2.45) is 5.92 Å². The number of amides is 1. The standard InChI is InChI=1S/C22H22F3N7O2/c1-12(13-3-5-32(6-4-13)18(34)11-33)30-21-29-10-17(26-2)19(31-21)16-9-28-20-15(16)7-14(8-27-20)22(23,24)25/h7-10,12-13,33H,3-6,11H2,1H3,(H,27,28)(H,29,30,31). The molecule has 0 spiro atoms. The number of nitrogens with one attached hydrogen (secondary N) is 2. The molecule has 1 aliphatic rings. The summed E-state index contributed by atoms with van der Waals surface area (Å²) < 4.78 is 39.6. The number of nitrogens with zero attached hydrogens (tertiary/aromatic N) is 5. The van der Waals surface area contributed by atoms with Gasteiger partial charge >= 0.3 is 6.18 Å². The van der Waals surface area contributed by atoms with E-state index in [0.717, 1.165) is 25.1 Å². The molecule has 4 rings (SSSR count). The van der Waals surface area contributed by atoms with Crippen molar-refractivity contribution in [3.63, 3.8) is 0 Å². The highest BCUT2D eigenvalue weighted by Gasteiger charge is 2.32. The minimum Gasteiger partial charge on any atom is -0.387 e. The molecule has 3 aromatic heterocycles. The third-order valence-electron chi connectivity index (χ3n) is 6.09. The number of H-pyrrole nitrogens is 1. The van der Waals surface area contributed by atoms with E-state index in [-0.39, 0.29) is 46.2 Å².